The molecule has 2 aromatic rings. The molecular formula is C19H19NO3. The van der Waals surface area contributed by atoms with Crippen molar-refractivity contribution in [3.8, 4) is 0 Å². The highest BCUT2D eigenvalue weighted by Gasteiger charge is 2.12. The molecule has 1 N–H and O–H groups in total. The summed E-state index contributed by atoms with van der Waals surface area (Å²) in [6.45, 7) is 3.86. The molecule has 2 rings (SSSR count). The lowest BCUT2D eigenvalue weighted by atomic mass is 10.1. The number of carbonyl (C=O) groups is 2. The lowest BCUT2D eigenvalue weighted by Gasteiger charge is -2.11. The van der Waals surface area contributed by atoms with E-state index in [2.05, 4.69) is 5.32 Å². The first-order valence-corrected chi connectivity index (χ1v) is 7.42. The second kappa shape index (κ2) is 7.94. The molecule has 0 fully saturated rings. The topological polar surface area (TPSA) is 55.4 Å². The second-order valence-electron chi connectivity index (χ2n) is 4.95. The fourth-order valence-electron chi connectivity index (χ4n) is 2.11. The number of nitrogens with one attached hydrogen (secondary N) is 1. The number of anilines is 1. The maximum Gasteiger partial charge on any atom is 0.340 e. The first-order chi connectivity index (χ1) is 11.1. The molecule has 0 atom stereocenters. The zero-order valence-electron chi connectivity index (χ0n) is 13.2. The maximum atomic E-state index is 12.2. The molecule has 0 spiro atoms. The number of ketones is 1. The molecule has 0 heterocycles. The zero-order valence-corrected chi connectivity index (χ0v) is 13.2. The largest absolute Gasteiger partial charge is 0.462 e. The van der Waals surface area contributed by atoms with Crippen molar-refractivity contribution in [1.29, 1.82) is 0 Å². The van der Waals surface area contributed by atoms with Gasteiger partial charge in [-0.3, -0.25) is 4.79 Å². The van der Waals surface area contributed by atoms with Gasteiger partial charge in [0.2, 0.25) is 0 Å². The van der Waals surface area contributed by atoms with Gasteiger partial charge in [-0.1, -0.05) is 42.5 Å². The molecular weight excluding hydrogens is 290 g/mol. The van der Waals surface area contributed by atoms with Crippen LogP contribution < -0.4 is 5.32 Å². The number of esters is 1. The number of ether oxygens (including phenoxy) is 1. The molecule has 0 aliphatic rings. The molecule has 0 aromatic heterocycles. The Labute approximate surface area is 135 Å². The highest BCUT2D eigenvalue weighted by molar-refractivity contribution is 6.05. The van der Waals surface area contributed by atoms with Gasteiger partial charge in [-0.2, -0.15) is 0 Å². The van der Waals surface area contributed by atoms with Crippen molar-refractivity contribution >= 4 is 17.4 Å². The van der Waals surface area contributed by atoms with Crippen LogP contribution in [0, 0.1) is 0 Å². The number of hydrogen-bond acceptors (Lipinski definition) is 4. The van der Waals surface area contributed by atoms with Crippen LogP contribution >= 0.6 is 0 Å². The molecule has 23 heavy (non-hydrogen) atoms. The van der Waals surface area contributed by atoms with Crippen molar-refractivity contribution in [1.82, 2.24) is 0 Å². The highest BCUT2D eigenvalue weighted by Crippen LogP contribution is 2.18. The minimum absolute atomic E-state index is 0.0933. The van der Waals surface area contributed by atoms with Crippen LogP contribution in [0.5, 0.6) is 0 Å². The van der Waals surface area contributed by atoms with Gasteiger partial charge in [-0.25, -0.2) is 4.79 Å². The molecule has 0 radical (unpaired) electrons. The van der Waals surface area contributed by atoms with Crippen molar-refractivity contribution in [2.75, 3.05) is 11.9 Å². The molecule has 0 bridgehead atoms. The number of hydrogen-bond donors (Lipinski definition) is 1. The summed E-state index contributed by atoms with van der Waals surface area (Å²) < 4.78 is 5.04. The maximum absolute atomic E-state index is 12.2. The molecule has 4 nitrogen and oxygen atoms in total. The summed E-state index contributed by atoms with van der Waals surface area (Å²) in [6, 6.07) is 16.1. The Morgan fingerprint density at radius 2 is 1.70 bits per heavy atom. The van der Waals surface area contributed by atoms with Crippen LogP contribution in [0.2, 0.25) is 0 Å². The van der Waals surface area contributed by atoms with Crippen LogP contribution in [0.25, 0.3) is 0 Å². The number of para-hydroxylation sites is 1. The van der Waals surface area contributed by atoms with Crippen LogP contribution in [0.15, 0.2) is 66.4 Å². The predicted octanol–water partition coefficient (Wildman–Crippen LogP) is 4.06. The minimum atomic E-state index is -0.391. The van der Waals surface area contributed by atoms with E-state index in [0.29, 0.717) is 29.1 Å². The molecule has 0 unspecified atom stereocenters. The van der Waals surface area contributed by atoms with E-state index in [0.717, 1.165) is 0 Å². The summed E-state index contributed by atoms with van der Waals surface area (Å²) in [5.74, 6) is -0.484. The molecule has 0 aliphatic carbocycles. The van der Waals surface area contributed by atoms with E-state index in [4.69, 9.17) is 4.74 Å². The van der Waals surface area contributed by atoms with Gasteiger partial charge in [0.05, 0.1) is 17.9 Å². The van der Waals surface area contributed by atoms with Gasteiger partial charge in [0, 0.05) is 17.3 Å². The fourth-order valence-corrected chi connectivity index (χ4v) is 2.11. The Morgan fingerprint density at radius 1 is 1.04 bits per heavy atom. The summed E-state index contributed by atoms with van der Waals surface area (Å²) in [6.07, 6.45) is 1.51. The first-order valence-electron chi connectivity index (χ1n) is 7.42. The highest BCUT2D eigenvalue weighted by atomic mass is 16.5. The molecule has 118 valence electrons. The van der Waals surface area contributed by atoms with E-state index in [1.54, 1.807) is 44.2 Å². The number of rotatable bonds is 6. The quantitative estimate of drug-likeness (QED) is 0.496. The van der Waals surface area contributed by atoms with Crippen molar-refractivity contribution in [3.05, 3.63) is 77.5 Å². The standard InChI is InChI=1S/C19H19NO3/c1-3-23-19(22)16-11-7-8-12-17(16)20-14(2)13-18(21)15-9-5-4-6-10-15/h4-13,20H,3H2,1-2H3/b14-13+. The van der Waals surface area contributed by atoms with E-state index in [-0.39, 0.29) is 5.78 Å². The summed E-state index contributed by atoms with van der Waals surface area (Å²) in [5.41, 5.74) is 2.32. The SMILES string of the molecule is CCOC(=O)c1ccccc1N/C(C)=C/C(=O)c1ccccc1. The Balaban J connectivity index is 2.17. The van der Waals surface area contributed by atoms with Crippen LogP contribution in [0.4, 0.5) is 5.69 Å². The Bertz CT molecular complexity index is 720. The first kappa shape index (κ1) is 16.5. The van der Waals surface area contributed by atoms with Gasteiger partial charge in [0.1, 0.15) is 0 Å². The van der Waals surface area contributed by atoms with Crippen LogP contribution in [0.1, 0.15) is 34.6 Å². The summed E-state index contributed by atoms with van der Waals surface area (Å²) >= 11 is 0. The monoisotopic (exact) mass is 309 g/mol. The third-order valence-corrected chi connectivity index (χ3v) is 3.16. The van der Waals surface area contributed by atoms with Gasteiger partial charge in [-0.15, -0.1) is 0 Å². The summed E-state index contributed by atoms with van der Waals surface area (Å²) in [5, 5.41) is 3.09. The van der Waals surface area contributed by atoms with Crippen LogP contribution in [-0.4, -0.2) is 18.4 Å². The van der Waals surface area contributed by atoms with Crippen LogP contribution in [0.3, 0.4) is 0 Å². The third-order valence-electron chi connectivity index (χ3n) is 3.16. The normalized spacial score (nSPS) is 11.0. The lowest BCUT2D eigenvalue weighted by molar-refractivity contribution is 0.0527. The number of benzene rings is 2. The number of carbonyl (C=O) groups excluding carboxylic acids is 2. The van der Waals surface area contributed by atoms with Gasteiger partial charge < -0.3 is 10.1 Å². The molecule has 4 heteroatoms. The smallest absolute Gasteiger partial charge is 0.340 e. The average Bonchev–Trinajstić information content (AvgIpc) is 2.56. The van der Waals surface area contributed by atoms with Gasteiger partial charge >= 0.3 is 5.97 Å². The fraction of sp³-hybridized carbons (Fsp3) is 0.158. The van der Waals surface area contributed by atoms with Gasteiger partial charge in [0.15, 0.2) is 5.78 Å². The number of allylic oxidation sites excluding steroid dienone is 2. The van der Waals surface area contributed by atoms with E-state index in [9.17, 15) is 9.59 Å². The molecule has 0 saturated carbocycles. The molecule has 0 aliphatic heterocycles. The zero-order chi connectivity index (χ0) is 16.7. The van der Waals surface area contributed by atoms with Crippen molar-refractivity contribution < 1.29 is 14.3 Å². The van der Waals surface area contributed by atoms with Crippen molar-refractivity contribution in [2.45, 2.75) is 13.8 Å². The lowest BCUT2D eigenvalue weighted by Crippen LogP contribution is -2.09. The van der Waals surface area contributed by atoms with E-state index >= 15 is 0 Å². The van der Waals surface area contributed by atoms with E-state index in [1.807, 2.05) is 24.3 Å². The van der Waals surface area contributed by atoms with Crippen LogP contribution in [-0.2, 0) is 4.74 Å². The third kappa shape index (κ3) is 4.54. The summed E-state index contributed by atoms with van der Waals surface area (Å²) in [4.78, 5) is 24.1. The Hall–Kier alpha value is -2.88. The predicted molar refractivity (Wildman–Crippen MR) is 90.6 cm³/mol. The average molecular weight is 309 g/mol. The Kier molecular flexibility index (Phi) is 5.69. The van der Waals surface area contributed by atoms with Gasteiger partial charge in [0.25, 0.3) is 0 Å². The van der Waals surface area contributed by atoms with Crippen molar-refractivity contribution in [3.63, 3.8) is 0 Å². The molecule has 0 saturated heterocycles. The van der Waals surface area contributed by atoms with E-state index in [1.165, 1.54) is 6.08 Å². The molecule has 2 aromatic carbocycles. The van der Waals surface area contributed by atoms with Gasteiger partial charge in [-0.05, 0) is 26.0 Å². The molecule has 0 amide bonds. The second-order valence-corrected chi connectivity index (χ2v) is 4.95. The van der Waals surface area contributed by atoms with E-state index < -0.39 is 5.97 Å². The van der Waals surface area contributed by atoms with Crippen molar-refractivity contribution in [2.24, 2.45) is 0 Å². The Morgan fingerprint density at radius 3 is 2.39 bits per heavy atom. The summed E-state index contributed by atoms with van der Waals surface area (Å²) in [7, 11) is 0. The minimum Gasteiger partial charge on any atom is -0.462 e.